The van der Waals surface area contributed by atoms with Crippen molar-refractivity contribution in [3.8, 4) is 0 Å². The molecule has 1 aliphatic rings. The van der Waals surface area contributed by atoms with Crippen LogP contribution in [0.4, 0.5) is 5.69 Å². The summed E-state index contributed by atoms with van der Waals surface area (Å²) in [5, 5.41) is 0. The minimum Gasteiger partial charge on any atom is -0.222 e. The molecule has 35 heavy (non-hydrogen) atoms. The van der Waals surface area contributed by atoms with Crippen molar-refractivity contribution in [2.45, 2.75) is 136 Å². The molecule has 1 aliphatic heterocycles. The first kappa shape index (κ1) is 32.0. The van der Waals surface area contributed by atoms with Gasteiger partial charge in [-0.05, 0) is 20.3 Å². The summed E-state index contributed by atoms with van der Waals surface area (Å²) in [4.78, 5) is 0. The Morgan fingerprint density at radius 3 is 1.46 bits per heavy atom. The number of hydrogen-bond donors (Lipinski definition) is 0. The Morgan fingerprint density at radius 1 is 0.657 bits per heavy atom. The molecule has 0 N–H and O–H groups in total. The van der Waals surface area contributed by atoms with E-state index in [2.05, 4.69) is 56.5 Å². The third-order valence-corrected chi connectivity index (χ3v) is 7.41. The van der Waals surface area contributed by atoms with Crippen LogP contribution in [0.3, 0.4) is 0 Å². The van der Waals surface area contributed by atoms with Crippen molar-refractivity contribution in [3.63, 3.8) is 0 Å². The summed E-state index contributed by atoms with van der Waals surface area (Å²) in [7, 11) is -4.94. The van der Waals surface area contributed by atoms with Crippen molar-refractivity contribution in [3.05, 3.63) is 29.8 Å². The van der Waals surface area contributed by atoms with Gasteiger partial charge in [0.05, 0.1) is 5.41 Å². The predicted molar refractivity (Wildman–Crippen MR) is 134 cm³/mol. The molecule has 0 unspecified atom stereocenters. The smallest absolute Gasteiger partial charge is 0.209 e. The second-order valence-electron chi connectivity index (χ2n) is 10.6. The van der Waals surface area contributed by atoms with E-state index < -0.39 is 10.2 Å². The lowest BCUT2D eigenvalue weighted by Crippen LogP contribution is -2.68. The molecule has 202 valence electrons. The highest BCUT2D eigenvalue weighted by Crippen LogP contribution is 2.39. The number of fused-ring (bicyclic) bond motifs is 1. The molecule has 6 heteroatoms. The van der Waals surface area contributed by atoms with E-state index in [-0.39, 0.29) is 5.41 Å². The normalized spacial score (nSPS) is 14.6. The van der Waals surface area contributed by atoms with Gasteiger partial charge in [-0.3, -0.25) is 0 Å². The molecule has 0 saturated heterocycles. The number of hydrogen-bond acceptors (Lipinski definition) is 4. The fraction of sp³-hybridized carbons (Fsp3) is 0.759. The number of benzene rings is 1. The Hall–Kier alpha value is -0.980. The Kier molecular flexibility index (Phi) is 16.0. The van der Waals surface area contributed by atoms with Gasteiger partial charge >= 0.3 is 0 Å². The maximum Gasteiger partial charge on any atom is 0.209 e. The number of unbranched alkanes of at least 4 members (excludes halogenated alkanes) is 15. The zero-order valence-electron chi connectivity index (χ0n) is 22.8. The Labute approximate surface area is 217 Å². The van der Waals surface area contributed by atoms with Crippen molar-refractivity contribution in [1.82, 2.24) is 0 Å². The summed E-state index contributed by atoms with van der Waals surface area (Å²) < 4.78 is 36.6. The molecule has 2 rings (SSSR count). The number of rotatable bonds is 17. The molecule has 0 atom stereocenters. The SMILES string of the molecule is CCCCCCCCCCCCCCCCCC[N+]1=C(C)C(C)(C)c2ccccc21.[O-][Cl+3]([O-])([O-])[O-]. The lowest BCUT2D eigenvalue weighted by atomic mass is 9.82. The van der Waals surface area contributed by atoms with Gasteiger partial charge in [0.15, 0.2) is 5.71 Å². The van der Waals surface area contributed by atoms with Crippen LogP contribution in [0.2, 0.25) is 0 Å². The molecule has 0 spiro atoms. The maximum atomic E-state index is 8.49. The minimum atomic E-state index is -4.94. The van der Waals surface area contributed by atoms with E-state index in [1.165, 1.54) is 126 Å². The quantitative estimate of drug-likeness (QED) is 0.226. The van der Waals surface area contributed by atoms with E-state index in [0.717, 1.165) is 0 Å². The van der Waals surface area contributed by atoms with Crippen LogP contribution < -0.4 is 18.6 Å². The average molecular weight is 512 g/mol. The molecule has 0 saturated carbocycles. The molecule has 1 aromatic rings. The van der Waals surface area contributed by atoms with E-state index in [1.54, 1.807) is 0 Å². The van der Waals surface area contributed by atoms with Crippen LogP contribution >= 0.6 is 0 Å². The molecule has 0 fully saturated rings. The molecule has 0 aromatic heterocycles. The van der Waals surface area contributed by atoms with Crippen molar-refractivity contribution >= 4 is 11.4 Å². The largest absolute Gasteiger partial charge is 0.222 e. The standard InChI is InChI=1S/C29H50N.ClHO4/c1-5-6-7-8-9-10-11-12-13-14-15-16-17-18-19-22-25-30-26(2)29(3,4)27-23-20-21-24-28(27)30;2-1(3,4)5/h20-21,23-24H,5-19,22,25H2,1-4H3;(H,2,3,4,5)/q+1;/p-1. The number of halogens is 1. The zero-order chi connectivity index (χ0) is 26.2. The fourth-order valence-electron chi connectivity index (χ4n) is 5.06. The molecule has 5 nitrogen and oxygen atoms in total. The van der Waals surface area contributed by atoms with Gasteiger partial charge in [-0.1, -0.05) is 115 Å². The molecule has 1 aromatic carbocycles. The van der Waals surface area contributed by atoms with Gasteiger partial charge in [0.2, 0.25) is 5.69 Å². The van der Waals surface area contributed by atoms with Gasteiger partial charge in [-0.15, -0.1) is 10.2 Å². The zero-order valence-corrected chi connectivity index (χ0v) is 23.5. The Morgan fingerprint density at radius 2 is 1.03 bits per heavy atom. The highest BCUT2D eigenvalue weighted by molar-refractivity contribution is 5.93. The van der Waals surface area contributed by atoms with Crippen LogP contribution in [0, 0.1) is 10.2 Å². The summed E-state index contributed by atoms with van der Waals surface area (Å²) in [6, 6.07) is 8.99. The van der Waals surface area contributed by atoms with Crippen LogP contribution in [0.25, 0.3) is 0 Å². The third-order valence-electron chi connectivity index (χ3n) is 7.41. The highest BCUT2D eigenvalue weighted by Gasteiger charge is 2.42. The van der Waals surface area contributed by atoms with Crippen molar-refractivity contribution in [2.24, 2.45) is 0 Å². The molecule has 0 radical (unpaired) electrons. The minimum absolute atomic E-state index is 0.186. The van der Waals surface area contributed by atoms with Crippen molar-refractivity contribution in [2.75, 3.05) is 6.54 Å². The number of nitrogens with zero attached hydrogens (tertiary/aromatic N) is 1. The second-order valence-corrected chi connectivity index (χ2v) is 11.3. The number of para-hydroxylation sites is 1. The summed E-state index contributed by atoms with van der Waals surface area (Å²) in [5.74, 6) is 0. The summed E-state index contributed by atoms with van der Waals surface area (Å²) in [6.45, 7) is 10.6. The van der Waals surface area contributed by atoms with Gasteiger partial charge < -0.3 is 0 Å². The summed E-state index contributed by atoms with van der Waals surface area (Å²) in [5.41, 5.74) is 4.65. The van der Waals surface area contributed by atoms with Gasteiger partial charge in [0.25, 0.3) is 0 Å². The Bertz CT molecular complexity index is 722. The molecule has 0 aliphatic carbocycles. The van der Waals surface area contributed by atoms with E-state index in [4.69, 9.17) is 18.6 Å². The second kappa shape index (κ2) is 17.5. The van der Waals surface area contributed by atoms with Crippen LogP contribution in [-0.2, 0) is 5.41 Å². The first-order valence-corrected chi connectivity index (χ1v) is 15.1. The Balaban J connectivity index is 0.00000111. The van der Waals surface area contributed by atoms with E-state index in [0.29, 0.717) is 0 Å². The molecular weight excluding hydrogens is 462 g/mol. The van der Waals surface area contributed by atoms with Crippen LogP contribution in [0.15, 0.2) is 24.3 Å². The van der Waals surface area contributed by atoms with Gasteiger partial charge in [-0.25, -0.2) is 18.6 Å². The molecular formula is C29H50ClNO4. The van der Waals surface area contributed by atoms with E-state index in [9.17, 15) is 0 Å². The van der Waals surface area contributed by atoms with E-state index >= 15 is 0 Å². The van der Waals surface area contributed by atoms with Gasteiger partial charge in [0, 0.05) is 25.0 Å². The summed E-state index contributed by atoms with van der Waals surface area (Å²) >= 11 is 0. The molecule has 1 heterocycles. The van der Waals surface area contributed by atoms with Gasteiger partial charge in [-0.2, -0.15) is 4.58 Å². The first-order valence-electron chi connectivity index (χ1n) is 13.9. The van der Waals surface area contributed by atoms with Gasteiger partial charge in [0.1, 0.15) is 6.54 Å². The topological polar surface area (TPSA) is 95.2 Å². The fourth-order valence-corrected chi connectivity index (χ4v) is 5.06. The van der Waals surface area contributed by atoms with E-state index in [1.807, 2.05) is 0 Å². The van der Waals surface area contributed by atoms with Crippen LogP contribution in [0.5, 0.6) is 0 Å². The van der Waals surface area contributed by atoms with Crippen molar-refractivity contribution in [1.29, 1.82) is 0 Å². The summed E-state index contributed by atoms with van der Waals surface area (Å²) in [6.07, 6.45) is 23.0. The lowest BCUT2D eigenvalue weighted by molar-refractivity contribution is -2.00. The van der Waals surface area contributed by atoms with Crippen LogP contribution in [0.1, 0.15) is 136 Å². The highest BCUT2D eigenvalue weighted by atomic mass is 35.7. The predicted octanol–water partition coefficient (Wildman–Crippen LogP) is 4.59. The monoisotopic (exact) mass is 511 g/mol. The van der Waals surface area contributed by atoms with Crippen LogP contribution in [-0.4, -0.2) is 16.8 Å². The van der Waals surface area contributed by atoms with Crippen molar-refractivity contribution < 1.29 is 33.5 Å². The first-order chi connectivity index (χ1) is 16.6. The molecule has 0 amide bonds. The third kappa shape index (κ3) is 13.8. The molecule has 0 bridgehead atoms. The maximum absolute atomic E-state index is 8.49. The average Bonchev–Trinajstić information content (AvgIpc) is 2.98. The lowest BCUT2D eigenvalue weighted by Gasteiger charge is -2.17.